The number of carbonyl (C=O) groups is 3. The van der Waals surface area contributed by atoms with Gasteiger partial charge in [-0.2, -0.15) is 0 Å². The zero-order chi connectivity index (χ0) is 19.7. The number of hydrogen-bond donors (Lipinski definition) is 0. The maximum absolute atomic E-state index is 12.6. The lowest BCUT2D eigenvalue weighted by Gasteiger charge is -2.37. The molecule has 1 unspecified atom stereocenters. The van der Waals surface area contributed by atoms with Gasteiger partial charge in [-0.3, -0.25) is 14.5 Å². The van der Waals surface area contributed by atoms with E-state index in [-0.39, 0.29) is 42.8 Å². The molecule has 2 fully saturated rings. The molecule has 0 aromatic heterocycles. The molecule has 1 aromatic carbocycles. The Hall–Kier alpha value is -2.57. The van der Waals surface area contributed by atoms with E-state index in [1.807, 2.05) is 34.9 Å². The van der Waals surface area contributed by atoms with Crippen LogP contribution < -0.4 is 4.90 Å². The molecule has 3 aliphatic heterocycles. The Morgan fingerprint density at radius 2 is 1.79 bits per heavy atom. The number of nitrogens with zero attached hydrogens (tertiary/aromatic N) is 3. The summed E-state index contributed by atoms with van der Waals surface area (Å²) in [6, 6.07) is 8.18. The number of fused-ring (bicyclic) bond motifs is 1. The highest BCUT2D eigenvalue weighted by Gasteiger charge is 2.37. The molecular formula is C21H27N3O4. The van der Waals surface area contributed by atoms with E-state index < -0.39 is 0 Å². The summed E-state index contributed by atoms with van der Waals surface area (Å²) in [4.78, 5) is 42.5. The van der Waals surface area contributed by atoms with Crippen molar-refractivity contribution in [3.05, 3.63) is 29.8 Å². The molecule has 1 atom stereocenters. The van der Waals surface area contributed by atoms with Gasteiger partial charge in [-0.05, 0) is 37.8 Å². The number of para-hydroxylation sites is 1. The van der Waals surface area contributed by atoms with Gasteiger partial charge in [-0.1, -0.05) is 18.2 Å². The molecule has 0 aliphatic carbocycles. The molecule has 7 nitrogen and oxygen atoms in total. The summed E-state index contributed by atoms with van der Waals surface area (Å²) in [5.74, 6) is 0.0400. The summed E-state index contributed by atoms with van der Waals surface area (Å²) in [5.41, 5.74) is 2.17. The first-order valence-corrected chi connectivity index (χ1v) is 10.2. The summed E-state index contributed by atoms with van der Waals surface area (Å²) >= 11 is 0. The quantitative estimate of drug-likeness (QED) is 0.797. The van der Waals surface area contributed by atoms with Crippen LogP contribution in [0.3, 0.4) is 0 Å². The van der Waals surface area contributed by atoms with Crippen LogP contribution in [-0.2, 0) is 20.7 Å². The number of benzene rings is 1. The van der Waals surface area contributed by atoms with Crippen LogP contribution in [0.2, 0.25) is 0 Å². The van der Waals surface area contributed by atoms with Gasteiger partial charge in [-0.15, -0.1) is 0 Å². The van der Waals surface area contributed by atoms with Crippen LogP contribution in [0.4, 0.5) is 10.5 Å². The summed E-state index contributed by atoms with van der Waals surface area (Å²) in [5, 5.41) is 0. The van der Waals surface area contributed by atoms with Crippen LogP contribution in [0, 0.1) is 0 Å². The van der Waals surface area contributed by atoms with Crippen LogP contribution in [0.1, 0.15) is 38.2 Å². The molecule has 3 heterocycles. The summed E-state index contributed by atoms with van der Waals surface area (Å²) < 4.78 is 5.11. The average molecular weight is 385 g/mol. The van der Waals surface area contributed by atoms with Crippen molar-refractivity contribution in [1.82, 2.24) is 9.80 Å². The maximum atomic E-state index is 12.6. The lowest BCUT2D eigenvalue weighted by atomic mass is 10.0. The van der Waals surface area contributed by atoms with Crippen molar-refractivity contribution in [3.8, 4) is 0 Å². The fourth-order valence-electron chi connectivity index (χ4n) is 4.53. The molecule has 28 heavy (non-hydrogen) atoms. The maximum Gasteiger partial charge on any atom is 0.410 e. The molecule has 0 N–H and O–H groups in total. The number of anilines is 1. The van der Waals surface area contributed by atoms with Crippen molar-refractivity contribution in [3.63, 3.8) is 0 Å². The number of cyclic esters (lactones) is 1. The van der Waals surface area contributed by atoms with Gasteiger partial charge in [0.25, 0.3) is 0 Å². The second-order valence-corrected chi connectivity index (χ2v) is 7.87. The number of rotatable bonds is 4. The molecule has 4 rings (SSSR count). The van der Waals surface area contributed by atoms with Crippen molar-refractivity contribution in [2.45, 2.75) is 51.1 Å². The van der Waals surface area contributed by atoms with E-state index in [2.05, 4.69) is 6.07 Å². The standard InChI is InChI=1S/C21H27N3O4/c1-15-14-28-21(27)24(15)17-9-11-22(12-10-17)19(25)6-7-20(26)23-13-8-16-4-2-3-5-18(16)23/h2-5,15,17H,6-14H2,1H3. The second kappa shape index (κ2) is 7.81. The summed E-state index contributed by atoms with van der Waals surface area (Å²) in [6.45, 7) is 4.38. The largest absolute Gasteiger partial charge is 0.447 e. The zero-order valence-electron chi connectivity index (χ0n) is 16.3. The molecule has 2 saturated heterocycles. The molecule has 1 aromatic rings. The summed E-state index contributed by atoms with van der Waals surface area (Å²) in [7, 11) is 0. The topological polar surface area (TPSA) is 70.2 Å². The molecule has 0 spiro atoms. The van der Waals surface area contributed by atoms with E-state index in [0.29, 0.717) is 26.2 Å². The number of piperidine rings is 1. The molecule has 3 amide bonds. The van der Waals surface area contributed by atoms with Gasteiger partial charge in [0.2, 0.25) is 11.8 Å². The summed E-state index contributed by atoms with van der Waals surface area (Å²) in [6.07, 6.45) is 2.64. The Kier molecular flexibility index (Phi) is 5.24. The third-order valence-electron chi connectivity index (χ3n) is 6.09. The van der Waals surface area contributed by atoms with Crippen LogP contribution in [0.5, 0.6) is 0 Å². The number of amides is 3. The Morgan fingerprint density at radius 1 is 1.07 bits per heavy atom. The smallest absolute Gasteiger partial charge is 0.410 e. The van der Waals surface area contributed by atoms with Crippen LogP contribution in [0.15, 0.2) is 24.3 Å². The van der Waals surface area contributed by atoms with Gasteiger partial charge < -0.3 is 14.5 Å². The van der Waals surface area contributed by atoms with Crippen molar-refractivity contribution in [1.29, 1.82) is 0 Å². The first-order chi connectivity index (χ1) is 13.5. The first kappa shape index (κ1) is 18.8. The van der Waals surface area contributed by atoms with Gasteiger partial charge in [0, 0.05) is 44.2 Å². The van der Waals surface area contributed by atoms with E-state index in [1.165, 1.54) is 5.56 Å². The zero-order valence-corrected chi connectivity index (χ0v) is 16.3. The highest BCUT2D eigenvalue weighted by molar-refractivity contribution is 5.97. The van der Waals surface area contributed by atoms with Crippen LogP contribution in [0.25, 0.3) is 0 Å². The minimum absolute atomic E-state index is 0.0156. The van der Waals surface area contributed by atoms with E-state index in [0.717, 1.165) is 24.9 Å². The minimum atomic E-state index is -0.242. The van der Waals surface area contributed by atoms with E-state index in [1.54, 1.807) is 4.90 Å². The first-order valence-electron chi connectivity index (χ1n) is 10.2. The van der Waals surface area contributed by atoms with Crippen LogP contribution in [-0.4, -0.2) is 66.0 Å². The number of likely N-dealkylation sites (tertiary alicyclic amines) is 1. The number of hydrogen-bond acceptors (Lipinski definition) is 4. The Bertz CT molecular complexity index is 773. The predicted octanol–water partition coefficient (Wildman–Crippen LogP) is 2.19. The van der Waals surface area contributed by atoms with Gasteiger partial charge in [0.15, 0.2) is 0 Å². The lowest BCUT2D eigenvalue weighted by molar-refractivity contribution is -0.134. The molecule has 0 bridgehead atoms. The fraction of sp³-hybridized carbons (Fsp3) is 0.571. The van der Waals surface area contributed by atoms with Crippen molar-refractivity contribution in [2.75, 3.05) is 31.1 Å². The third-order valence-corrected chi connectivity index (χ3v) is 6.09. The van der Waals surface area contributed by atoms with Crippen molar-refractivity contribution < 1.29 is 19.1 Å². The molecule has 0 radical (unpaired) electrons. The minimum Gasteiger partial charge on any atom is -0.447 e. The molecule has 0 saturated carbocycles. The average Bonchev–Trinajstić information content (AvgIpc) is 3.29. The fourth-order valence-corrected chi connectivity index (χ4v) is 4.53. The van der Waals surface area contributed by atoms with Crippen LogP contribution >= 0.6 is 0 Å². The van der Waals surface area contributed by atoms with Gasteiger partial charge in [-0.25, -0.2) is 4.79 Å². The second-order valence-electron chi connectivity index (χ2n) is 7.87. The van der Waals surface area contributed by atoms with Crippen molar-refractivity contribution in [2.24, 2.45) is 0 Å². The highest BCUT2D eigenvalue weighted by Crippen LogP contribution is 2.28. The van der Waals surface area contributed by atoms with Gasteiger partial charge in [0.1, 0.15) is 6.61 Å². The Balaban J connectivity index is 1.25. The normalized spacial score (nSPS) is 22.4. The number of carbonyl (C=O) groups excluding carboxylic acids is 3. The van der Waals surface area contributed by atoms with E-state index in [4.69, 9.17) is 4.74 Å². The molecule has 7 heteroatoms. The Labute approximate surface area is 165 Å². The Morgan fingerprint density at radius 3 is 2.50 bits per heavy atom. The molecular weight excluding hydrogens is 358 g/mol. The van der Waals surface area contributed by atoms with Gasteiger partial charge in [0.05, 0.1) is 6.04 Å². The number of ether oxygens (including phenoxy) is 1. The van der Waals surface area contributed by atoms with E-state index in [9.17, 15) is 14.4 Å². The highest BCUT2D eigenvalue weighted by atomic mass is 16.6. The van der Waals surface area contributed by atoms with Gasteiger partial charge >= 0.3 is 6.09 Å². The lowest BCUT2D eigenvalue weighted by Crippen LogP contribution is -2.49. The molecule has 150 valence electrons. The SMILES string of the molecule is CC1COC(=O)N1C1CCN(C(=O)CCC(=O)N2CCc3ccccc32)CC1. The monoisotopic (exact) mass is 385 g/mol. The molecule has 3 aliphatic rings. The van der Waals surface area contributed by atoms with E-state index >= 15 is 0 Å². The predicted molar refractivity (Wildman–Crippen MR) is 104 cm³/mol. The third kappa shape index (κ3) is 3.57. The van der Waals surface area contributed by atoms with Crippen molar-refractivity contribution >= 4 is 23.6 Å².